The zero-order chi connectivity index (χ0) is 10.9. The van der Waals surface area contributed by atoms with Crippen LogP contribution < -0.4 is 4.29 Å². The molecule has 0 aliphatic rings. The van der Waals surface area contributed by atoms with E-state index in [9.17, 15) is 4.79 Å². The minimum atomic E-state index is -1.37. The molecular formula is C7H4Cl2O5. The average molecular weight is 239 g/mol. The summed E-state index contributed by atoms with van der Waals surface area (Å²) in [5.41, 5.74) is -0.419. The van der Waals surface area contributed by atoms with Gasteiger partial charge in [0.25, 0.3) is 0 Å². The van der Waals surface area contributed by atoms with Crippen LogP contribution in [0.1, 0.15) is 10.4 Å². The summed E-state index contributed by atoms with van der Waals surface area (Å²) in [4.78, 5) is 10.6. The van der Waals surface area contributed by atoms with Crippen molar-refractivity contribution in [2.24, 2.45) is 0 Å². The molecule has 3 N–H and O–H groups in total. The number of hydrogen-bond donors (Lipinski definition) is 3. The number of aromatic hydroxyl groups is 2. The summed E-state index contributed by atoms with van der Waals surface area (Å²) in [6, 6.07) is 0.791. The molecule has 1 rings (SSSR count). The lowest BCUT2D eigenvalue weighted by Gasteiger charge is -2.07. The Morgan fingerprint density at radius 1 is 1.43 bits per heavy atom. The van der Waals surface area contributed by atoms with Gasteiger partial charge in [-0.15, -0.1) is 0 Å². The molecule has 0 atom stereocenters. The van der Waals surface area contributed by atoms with Gasteiger partial charge in [-0.1, -0.05) is 11.6 Å². The van der Waals surface area contributed by atoms with Crippen LogP contribution in [0.5, 0.6) is 17.2 Å². The highest BCUT2D eigenvalue weighted by Crippen LogP contribution is 2.43. The van der Waals surface area contributed by atoms with Crippen molar-refractivity contribution in [3.63, 3.8) is 0 Å². The second-order valence-electron chi connectivity index (χ2n) is 2.32. The standard InChI is InChI=1S/C7H4Cl2O5/c8-4-2(7(12)13)1-3(10)5(11)6(4)14-9/h1,10-11H,(H,12,13). The third-order valence-electron chi connectivity index (χ3n) is 1.48. The molecule has 0 bridgehead atoms. The summed E-state index contributed by atoms with van der Waals surface area (Å²) in [7, 11) is 0. The minimum absolute atomic E-state index is 0.386. The Bertz CT molecular complexity index is 390. The normalized spacial score (nSPS) is 9.86. The first-order valence-corrected chi connectivity index (χ1v) is 3.94. The first kappa shape index (κ1) is 10.7. The Kier molecular flexibility index (Phi) is 2.93. The molecule has 0 aromatic heterocycles. The van der Waals surface area contributed by atoms with Gasteiger partial charge < -0.3 is 19.6 Å². The zero-order valence-corrected chi connectivity index (χ0v) is 8.00. The van der Waals surface area contributed by atoms with Crippen LogP contribution in [-0.2, 0) is 0 Å². The highest BCUT2D eigenvalue weighted by Gasteiger charge is 2.21. The van der Waals surface area contributed by atoms with Gasteiger partial charge in [0.05, 0.1) is 5.56 Å². The molecule has 0 amide bonds. The van der Waals surface area contributed by atoms with Crippen molar-refractivity contribution in [1.29, 1.82) is 0 Å². The summed E-state index contributed by atoms with van der Waals surface area (Å²) >= 11 is 10.5. The zero-order valence-electron chi connectivity index (χ0n) is 6.49. The molecule has 0 aliphatic carbocycles. The smallest absolute Gasteiger partial charge is 0.337 e. The predicted molar refractivity (Wildman–Crippen MR) is 48.2 cm³/mol. The van der Waals surface area contributed by atoms with Gasteiger partial charge in [-0.05, 0) is 0 Å². The third kappa shape index (κ3) is 1.64. The maximum atomic E-state index is 10.6. The van der Waals surface area contributed by atoms with Crippen molar-refractivity contribution >= 4 is 29.4 Å². The fourth-order valence-electron chi connectivity index (χ4n) is 0.837. The van der Waals surface area contributed by atoms with Crippen LogP contribution in [0.25, 0.3) is 0 Å². The average Bonchev–Trinajstić information content (AvgIpc) is 2.12. The van der Waals surface area contributed by atoms with Crippen molar-refractivity contribution in [2.45, 2.75) is 0 Å². The molecule has 5 nitrogen and oxygen atoms in total. The van der Waals surface area contributed by atoms with E-state index < -0.39 is 28.8 Å². The Morgan fingerprint density at radius 2 is 2.00 bits per heavy atom. The molecule has 0 unspecified atom stereocenters. The number of phenolic OH excluding ortho intramolecular Hbond substituents is 2. The third-order valence-corrected chi connectivity index (χ3v) is 2.01. The first-order chi connectivity index (χ1) is 6.49. The Balaban J connectivity index is 3.50. The quantitative estimate of drug-likeness (QED) is 0.687. The van der Waals surface area contributed by atoms with Crippen LogP contribution in [-0.4, -0.2) is 21.3 Å². The maximum absolute atomic E-state index is 10.6. The molecule has 14 heavy (non-hydrogen) atoms. The van der Waals surface area contributed by atoms with E-state index in [1.54, 1.807) is 0 Å². The number of carboxylic acid groups (broad SMARTS) is 1. The lowest BCUT2D eigenvalue weighted by Crippen LogP contribution is -1.98. The molecule has 0 aliphatic heterocycles. The Morgan fingerprint density at radius 3 is 2.43 bits per heavy atom. The second-order valence-corrected chi connectivity index (χ2v) is 2.85. The highest BCUT2D eigenvalue weighted by molar-refractivity contribution is 6.35. The maximum Gasteiger partial charge on any atom is 0.337 e. The largest absolute Gasteiger partial charge is 0.504 e. The van der Waals surface area contributed by atoms with Crippen LogP contribution in [0.15, 0.2) is 6.07 Å². The van der Waals surface area contributed by atoms with E-state index in [2.05, 4.69) is 4.29 Å². The summed E-state index contributed by atoms with van der Waals surface area (Å²) in [5.74, 6) is -3.26. The van der Waals surface area contributed by atoms with Gasteiger partial charge in [0.15, 0.2) is 5.75 Å². The van der Waals surface area contributed by atoms with E-state index in [1.807, 2.05) is 0 Å². The predicted octanol–water partition coefficient (Wildman–Crippen LogP) is 1.98. The fourth-order valence-corrected chi connectivity index (χ4v) is 1.29. The number of halogens is 2. The van der Waals surface area contributed by atoms with E-state index in [4.69, 9.17) is 38.8 Å². The number of phenols is 2. The van der Waals surface area contributed by atoms with Gasteiger partial charge in [-0.2, -0.15) is 0 Å². The molecule has 76 valence electrons. The summed E-state index contributed by atoms with van der Waals surface area (Å²) in [5, 5.41) is 26.5. The van der Waals surface area contributed by atoms with Crippen molar-refractivity contribution in [1.82, 2.24) is 0 Å². The number of rotatable bonds is 2. The van der Waals surface area contributed by atoms with Crippen molar-refractivity contribution in [2.75, 3.05) is 0 Å². The first-order valence-electron chi connectivity index (χ1n) is 3.25. The van der Waals surface area contributed by atoms with Crippen molar-refractivity contribution < 1.29 is 24.4 Å². The number of carboxylic acids is 1. The van der Waals surface area contributed by atoms with Crippen LogP contribution in [0.4, 0.5) is 0 Å². The van der Waals surface area contributed by atoms with Gasteiger partial charge in [0.2, 0.25) is 11.5 Å². The summed E-state index contributed by atoms with van der Waals surface area (Å²) < 4.78 is 4.11. The van der Waals surface area contributed by atoms with E-state index in [0.717, 1.165) is 6.07 Å². The molecule has 0 radical (unpaired) electrons. The van der Waals surface area contributed by atoms with Gasteiger partial charge >= 0.3 is 5.97 Å². The van der Waals surface area contributed by atoms with E-state index >= 15 is 0 Å². The molecule has 0 saturated carbocycles. The Hall–Kier alpha value is -1.33. The topological polar surface area (TPSA) is 87.0 Å². The van der Waals surface area contributed by atoms with Crippen LogP contribution in [0.2, 0.25) is 5.02 Å². The Labute approximate surface area is 88.2 Å². The van der Waals surface area contributed by atoms with Crippen LogP contribution in [0.3, 0.4) is 0 Å². The highest BCUT2D eigenvalue weighted by atomic mass is 35.5. The van der Waals surface area contributed by atoms with E-state index in [1.165, 1.54) is 0 Å². The number of aromatic carboxylic acids is 1. The molecular weight excluding hydrogens is 235 g/mol. The monoisotopic (exact) mass is 238 g/mol. The van der Waals surface area contributed by atoms with E-state index in [-0.39, 0.29) is 5.02 Å². The molecule has 0 spiro atoms. The second kappa shape index (κ2) is 3.81. The number of benzene rings is 1. The molecule has 1 aromatic carbocycles. The molecule has 0 saturated heterocycles. The lowest BCUT2D eigenvalue weighted by atomic mass is 10.2. The van der Waals surface area contributed by atoms with Gasteiger partial charge in [-0.25, -0.2) is 4.79 Å². The molecule has 1 aromatic rings. The van der Waals surface area contributed by atoms with Gasteiger partial charge in [0.1, 0.15) is 16.9 Å². The van der Waals surface area contributed by atoms with Gasteiger partial charge in [0, 0.05) is 6.07 Å². The van der Waals surface area contributed by atoms with Crippen molar-refractivity contribution in [3.05, 3.63) is 16.7 Å². The van der Waals surface area contributed by atoms with Gasteiger partial charge in [-0.3, -0.25) is 0 Å². The molecule has 0 heterocycles. The molecule has 7 heteroatoms. The molecule has 0 fully saturated rings. The van der Waals surface area contributed by atoms with Crippen LogP contribution in [0, 0.1) is 0 Å². The summed E-state index contributed by atoms with van der Waals surface area (Å²) in [6.45, 7) is 0. The van der Waals surface area contributed by atoms with Crippen LogP contribution >= 0.6 is 23.5 Å². The van der Waals surface area contributed by atoms with E-state index in [0.29, 0.717) is 0 Å². The fraction of sp³-hybridized carbons (Fsp3) is 0. The SMILES string of the molecule is O=C(O)c1cc(O)c(O)c(OCl)c1Cl. The number of carbonyl (C=O) groups is 1. The lowest BCUT2D eigenvalue weighted by molar-refractivity contribution is 0.0696. The number of hydrogen-bond acceptors (Lipinski definition) is 4. The minimum Gasteiger partial charge on any atom is -0.504 e. The summed E-state index contributed by atoms with van der Waals surface area (Å²) in [6.07, 6.45) is 0. The van der Waals surface area contributed by atoms with Crippen molar-refractivity contribution in [3.8, 4) is 17.2 Å².